The molecule has 2 rings (SSSR count). The molecule has 28 heavy (non-hydrogen) atoms. The van der Waals surface area contributed by atoms with Crippen molar-refractivity contribution in [3.8, 4) is 0 Å². The molecule has 1 aliphatic carbocycles. The summed E-state index contributed by atoms with van der Waals surface area (Å²) in [4.78, 5) is 2.74. The van der Waals surface area contributed by atoms with Gasteiger partial charge in [-0.3, -0.25) is 0 Å². The number of hydrogen-bond donors (Lipinski definition) is 1. The number of likely N-dealkylation sites (tertiary alicyclic amines) is 1. The summed E-state index contributed by atoms with van der Waals surface area (Å²) >= 11 is 0. The van der Waals surface area contributed by atoms with Gasteiger partial charge < -0.3 is 10.0 Å². The summed E-state index contributed by atoms with van der Waals surface area (Å²) in [6.07, 6.45) is 10.7. The highest BCUT2D eigenvalue weighted by atomic mass is 16.3. The lowest BCUT2D eigenvalue weighted by atomic mass is 9.70. The Morgan fingerprint density at radius 1 is 0.893 bits per heavy atom. The van der Waals surface area contributed by atoms with Crippen molar-refractivity contribution in [2.45, 2.75) is 112 Å². The van der Waals surface area contributed by atoms with E-state index in [9.17, 15) is 5.11 Å². The number of nitrogens with zero attached hydrogens (tertiary/aromatic N) is 1. The topological polar surface area (TPSA) is 23.5 Å². The average Bonchev–Trinajstić information content (AvgIpc) is 2.89. The van der Waals surface area contributed by atoms with Crippen molar-refractivity contribution in [1.29, 1.82) is 0 Å². The first-order valence-electron chi connectivity index (χ1n) is 12.2. The molecule has 1 saturated carbocycles. The highest BCUT2D eigenvalue weighted by molar-refractivity contribution is 4.88. The van der Waals surface area contributed by atoms with E-state index in [4.69, 9.17) is 0 Å². The van der Waals surface area contributed by atoms with E-state index in [1.54, 1.807) is 0 Å². The zero-order chi connectivity index (χ0) is 21.2. The fourth-order valence-electron chi connectivity index (χ4n) is 6.82. The van der Waals surface area contributed by atoms with Crippen molar-refractivity contribution in [2.24, 2.45) is 34.5 Å². The van der Waals surface area contributed by atoms with Gasteiger partial charge in [-0.05, 0) is 87.0 Å². The number of rotatable bonds is 9. The third kappa shape index (κ3) is 8.34. The Morgan fingerprint density at radius 2 is 1.54 bits per heavy atom. The fourth-order valence-corrected chi connectivity index (χ4v) is 6.82. The smallest absolute Gasteiger partial charge is 0.0596 e. The van der Waals surface area contributed by atoms with Crippen LogP contribution in [0.1, 0.15) is 107 Å². The molecule has 2 heteroatoms. The minimum Gasteiger partial charge on any atom is -0.390 e. The second-order valence-electron chi connectivity index (χ2n) is 13.2. The van der Waals surface area contributed by atoms with Gasteiger partial charge in [0.25, 0.3) is 0 Å². The summed E-state index contributed by atoms with van der Waals surface area (Å²) in [5.41, 5.74) is 0.0983. The Kier molecular flexibility index (Phi) is 8.10. The summed E-state index contributed by atoms with van der Waals surface area (Å²) in [5.74, 6) is 3.56. The Balaban J connectivity index is 1.80. The SMILES string of the molecule is CC(C)C1CCCC(CC(C)(C)CN2CCC(CC(C)(C)CC(C)(C)O)C2)C1. The molecule has 1 aliphatic heterocycles. The third-order valence-corrected chi connectivity index (χ3v) is 7.38. The van der Waals surface area contributed by atoms with Crippen molar-refractivity contribution in [3.05, 3.63) is 0 Å². The van der Waals surface area contributed by atoms with Gasteiger partial charge in [-0.2, -0.15) is 0 Å². The second kappa shape index (κ2) is 9.38. The number of hydrogen-bond acceptors (Lipinski definition) is 2. The highest BCUT2D eigenvalue weighted by Gasteiger charge is 2.35. The van der Waals surface area contributed by atoms with Gasteiger partial charge in [0.05, 0.1) is 5.60 Å². The molecule has 2 nitrogen and oxygen atoms in total. The van der Waals surface area contributed by atoms with E-state index in [1.165, 1.54) is 64.6 Å². The molecule has 0 aromatic heterocycles. The van der Waals surface area contributed by atoms with E-state index < -0.39 is 5.60 Å². The van der Waals surface area contributed by atoms with Gasteiger partial charge >= 0.3 is 0 Å². The first kappa shape index (κ1) is 24.2. The minimum absolute atomic E-state index is 0.225. The Labute approximate surface area is 176 Å². The van der Waals surface area contributed by atoms with Crippen LogP contribution in [0, 0.1) is 34.5 Å². The molecule has 0 radical (unpaired) electrons. The van der Waals surface area contributed by atoms with E-state index >= 15 is 0 Å². The van der Waals surface area contributed by atoms with Crippen LogP contribution in [0.2, 0.25) is 0 Å². The van der Waals surface area contributed by atoms with E-state index in [1.807, 2.05) is 13.8 Å². The van der Waals surface area contributed by atoms with Gasteiger partial charge in [0.2, 0.25) is 0 Å². The van der Waals surface area contributed by atoms with Crippen molar-refractivity contribution < 1.29 is 5.11 Å². The lowest BCUT2D eigenvalue weighted by molar-refractivity contribution is 0.0243. The molecule has 0 amide bonds. The summed E-state index contributed by atoms with van der Waals surface area (Å²) in [7, 11) is 0. The second-order valence-corrected chi connectivity index (χ2v) is 13.2. The van der Waals surface area contributed by atoms with E-state index in [0.717, 1.165) is 30.1 Å². The van der Waals surface area contributed by atoms with Crippen molar-refractivity contribution in [3.63, 3.8) is 0 Å². The largest absolute Gasteiger partial charge is 0.390 e. The molecule has 2 fully saturated rings. The molecule has 0 bridgehead atoms. The van der Waals surface area contributed by atoms with Crippen LogP contribution in [0.25, 0.3) is 0 Å². The molecule has 0 aromatic rings. The maximum absolute atomic E-state index is 10.2. The number of aliphatic hydroxyl groups is 1. The lowest BCUT2D eigenvalue weighted by Gasteiger charge is -2.38. The molecule has 166 valence electrons. The fraction of sp³-hybridized carbons (Fsp3) is 1.00. The van der Waals surface area contributed by atoms with E-state index in [-0.39, 0.29) is 5.41 Å². The Morgan fingerprint density at radius 3 is 2.14 bits per heavy atom. The highest BCUT2D eigenvalue weighted by Crippen LogP contribution is 2.41. The van der Waals surface area contributed by atoms with Crippen LogP contribution in [0.4, 0.5) is 0 Å². The van der Waals surface area contributed by atoms with Gasteiger partial charge in [-0.1, -0.05) is 60.8 Å². The summed E-state index contributed by atoms with van der Waals surface area (Å²) in [5, 5.41) is 10.2. The molecule has 0 spiro atoms. The quantitative estimate of drug-likeness (QED) is 0.467. The molecule has 0 aromatic carbocycles. The average molecular weight is 394 g/mol. The van der Waals surface area contributed by atoms with Crippen molar-refractivity contribution in [2.75, 3.05) is 19.6 Å². The standard InChI is InChI=1S/C26H51NO/c1-20(2)23-11-9-10-21(14-23)15-25(5,6)19-27-13-12-22(17-27)16-24(3,4)18-26(7,8)28/h20-23,28H,9-19H2,1-8H3. The summed E-state index contributed by atoms with van der Waals surface area (Å²) in [6, 6.07) is 0. The summed E-state index contributed by atoms with van der Waals surface area (Å²) < 4.78 is 0. The van der Waals surface area contributed by atoms with Crippen LogP contribution in [0.15, 0.2) is 0 Å². The molecular formula is C26H51NO. The molecule has 2 aliphatic rings. The maximum atomic E-state index is 10.2. The minimum atomic E-state index is -0.558. The van der Waals surface area contributed by atoms with Gasteiger partial charge in [0, 0.05) is 13.1 Å². The lowest BCUT2D eigenvalue weighted by Crippen LogP contribution is -2.35. The predicted molar refractivity (Wildman–Crippen MR) is 123 cm³/mol. The van der Waals surface area contributed by atoms with Gasteiger partial charge in [0.15, 0.2) is 0 Å². The normalized spacial score (nSPS) is 28.3. The van der Waals surface area contributed by atoms with Gasteiger partial charge in [-0.25, -0.2) is 0 Å². The van der Waals surface area contributed by atoms with Gasteiger partial charge in [-0.15, -0.1) is 0 Å². The monoisotopic (exact) mass is 393 g/mol. The van der Waals surface area contributed by atoms with Crippen molar-refractivity contribution in [1.82, 2.24) is 4.90 Å². The zero-order valence-electron chi connectivity index (χ0n) is 20.5. The van der Waals surface area contributed by atoms with Crippen LogP contribution in [-0.2, 0) is 0 Å². The van der Waals surface area contributed by atoms with E-state index in [2.05, 4.69) is 46.4 Å². The molecule has 1 N–H and O–H groups in total. The van der Waals surface area contributed by atoms with Crippen molar-refractivity contribution >= 4 is 0 Å². The maximum Gasteiger partial charge on any atom is 0.0596 e. The first-order valence-corrected chi connectivity index (χ1v) is 12.2. The zero-order valence-corrected chi connectivity index (χ0v) is 20.5. The van der Waals surface area contributed by atoms with Crippen LogP contribution in [0.3, 0.4) is 0 Å². The van der Waals surface area contributed by atoms with Gasteiger partial charge in [0.1, 0.15) is 0 Å². The molecule has 3 atom stereocenters. The summed E-state index contributed by atoms with van der Waals surface area (Å²) in [6.45, 7) is 22.2. The molecule has 1 saturated heterocycles. The molecule has 1 heterocycles. The third-order valence-electron chi connectivity index (χ3n) is 7.38. The Bertz CT molecular complexity index is 473. The molecular weight excluding hydrogens is 342 g/mol. The Hall–Kier alpha value is -0.0800. The van der Waals surface area contributed by atoms with Crippen LogP contribution in [0.5, 0.6) is 0 Å². The molecule has 3 unspecified atom stereocenters. The van der Waals surface area contributed by atoms with E-state index in [0.29, 0.717) is 5.41 Å². The predicted octanol–water partition coefficient (Wildman–Crippen LogP) is 6.76. The van der Waals surface area contributed by atoms with Crippen LogP contribution in [-0.4, -0.2) is 35.2 Å². The van der Waals surface area contributed by atoms with Crippen LogP contribution < -0.4 is 0 Å². The van der Waals surface area contributed by atoms with Crippen LogP contribution >= 0.6 is 0 Å². The first-order chi connectivity index (χ1) is 12.7.